The van der Waals surface area contributed by atoms with E-state index in [2.05, 4.69) is 53.2 Å². The highest BCUT2D eigenvalue weighted by Crippen LogP contribution is 2.32. The highest BCUT2D eigenvalue weighted by molar-refractivity contribution is 5.59. The maximum atomic E-state index is 5.60. The summed E-state index contributed by atoms with van der Waals surface area (Å²) >= 11 is 0. The number of nitrogens with two attached hydrogens (primary N) is 1. The maximum absolute atomic E-state index is 5.60. The number of hydrogen-bond acceptors (Lipinski definition) is 3. The molecule has 3 rings (SSSR count). The number of para-hydroxylation sites is 1. The molecule has 19 heavy (non-hydrogen) atoms. The van der Waals surface area contributed by atoms with Crippen molar-refractivity contribution < 1.29 is 0 Å². The summed E-state index contributed by atoms with van der Waals surface area (Å²) in [5.74, 6) is 0. The molecule has 3 nitrogen and oxygen atoms in total. The number of rotatable bonds is 3. The summed E-state index contributed by atoms with van der Waals surface area (Å²) in [6, 6.07) is 13.3. The Morgan fingerprint density at radius 3 is 2.84 bits per heavy atom. The van der Waals surface area contributed by atoms with E-state index >= 15 is 0 Å². The van der Waals surface area contributed by atoms with Crippen LogP contribution in [0.3, 0.4) is 0 Å². The van der Waals surface area contributed by atoms with Crippen LogP contribution in [-0.4, -0.2) is 11.0 Å². The van der Waals surface area contributed by atoms with Gasteiger partial charge in [0.2, 0.25) is 0 Å². The van der Waals surface area contributed by atoms with Crippen LogP contribution in [0, 0.1) is 0 Å². The Balaban J connectivity index is 1.82. The highest BCUT2D eigenvalue weighted by atomic mass is 15.2. The van der Waals surface area contributed by atoms with Gasteiger partial charge < -0.3 is 10.6 Å². The number of nitrogens with zero attached hydrogens (tertiary/aromatic N) is 2. The van der Waals surface area contributed by atoms with Crippen LogP contribution in [-0.2, 0) is 19.5 Å². The number of aromatic nitrogens is 1. The third-order valence-electron chi connectivity index (χ3n) is 3.80. The second-order valence-electron chi connectivity index (χ2n) is 5.17. The van der Waals surface area contributed by atoms with E-state index in [1.165, 1.54) is 11.3 Å². The van der Waals surface area contributed by atoms with E-state index in [-0.39, 0.29) is 0 Å². The van der Waals surface area contributed by atoms with Crippen molar-refractivity contribution in [2.45, 2.75) is 32.5 Å². The highest BCUT2D eigenvalue weighted by Gasteiger charge is 2.25. The quantitative estimate of drug-likeness (QED) is 0.913. The molecule has 2 N–H and O–H groups in total. The van der Waals surface area contributed by atoms with Gasteiger partial charge in [-0.2, -0.15) is 0 Å². The van der Waals surface area contributed by atoms with Gasteiger partial charge in [-0.05, 0) is 36.6 Å². The molecule has 0 saturated carbocycles. The molecule has 1 aromatic carbocycles. The maximum Gasteiger partial charge on any atom is 0.0605 e. The van der Waals surface area contributed by atoms with E-state index in [1.807, 2.05) is 6.20 Å². The predicted octanol–water partition coefficient (Wildman–Crippen LogP) is 2.49. The van der Waals surface area contributed by atoms with Crippen molar-refractivity contribution in [2.24, 2.45) is 5.73 Å². The van der Waals surface area contributed by atoms with E-state index in [4.69, 9.17) is 5.73 Å². The van der Waals surface area contributed by atoms with Crippen LogP contribution in [0.4, 0.5) is 5.69 Å². The first-order valence-corrected chi connectivity index (χ1v) is 6.76. The van der Waals surface area contributed by atoms with Crippen LogP contribution in [0.1, 0.15) is 23.7 Å². The summed E-state index contributed by atoms with van der Waals surface area (Å²) in [5.41, 5.74) is 10.6. The normalized spacial score (nSPS) is 17.6. The molecule has 1 unspecified atom stereocenters. The minimum atomic E-state index is 0.536. The number of hydrogen-bond donors (Lipinski definition) is 1. The molecule has 0 spiro atoms. The van der Waals surface area contributed by atoms with Gasteiger partial charge in [0.15, 0.2) is 0 Å². The van der Waals surface area contributed by atoms with Crippen LogP contribution >= 0.6 is 0 Å². The first-order chi connectivity index (χ1) is 9.28. The van der Waals surface area contributed by atoms with Crippen LogP contribution in [0.15, 0.2) is 42.6 Å². The fraction of sp³-hybridized carbons (Fsp3) is 0.312. The van der Waals surface area contributed by atoms with Gasteiger partial charge in [-0.25, -0.2) is 0 Å². The average Bonchev–Trinajstić information content (AvgIpc) is 2.76. The van der Waals surface area contributed by atoms with E-state index in [9.17, 15) is 0 Å². The van der Waals surface area contributed by atoms with Gasteiger partial charge in [0.05, 0.1) is 12.2 Å². The van der Waals surface area contributed by atoms with Crippen LogP contribution in [0.2, 0.25) is 0 Å². The summed E-state index contributed by atoms with van der Waals surface area (Å²) in [5, 5.41) is 0. The Labute approximate surface area is 114 Å². The lowest BCUT2D eigenvalue weighted by Gasteiger charge is -2.24. The lowest BCUT2D eigenvalue weighted by atomic mass is 10.1. The van der Waals surface area contributed by atoms with Crippen LogP contribution in [0.25, 0.3) is 0 Å². The molecule has 98 valence electrons. The fourth-order valence-corrected chi connectivity index (χ4v) is 2.71. The van der Waals surface area contributed by atoms with E-state index in [1.54, 1.807) is 0 Å². The van der Waals surface area contributed by atoms with Gasteiger partial charge in [0.1, 0.15) is 0 Å². The second kappa shape index (κ2) is 5.02. The minimum Gasteiger partial charge on any atom is -0.362 e. The molecule has 0 saturated heterocycles. The topological polar surface area (TPSA) is 42.1 Å². The van der Waals surface area contributed by atoms with Gasteiger partial charge in [0, 0.05) is 24.5 Å². The zero-order chi connectivity index (χ0) is 13.2. The molecule has 0 radical (unpaired) electrons. The van der Waals surface area contributed by atoms with E-state index in [0.717, 1.165) is 24.2 Å². The Bertz CT molecular complexity index is 562. The van der Waals surface area contributed by atoms with Crippen molar-refractivity contribution in [3.8, 4) is 0 Å². The Hall–Kier alpha value is -1.87. The molecule has 1 aliphatic rings. The van der Waals surface area contributed by atoms with Crippen molar-refractivity contribution >= 4 is 5.69 Å². The second-order valence-corrected chi connectivity index (χ2v) is 5.17. The molecule has 0 amide bonds. The smallest absolute Gasteiger partial charge is 0.0605 e. The average molecular weight is 253 g/mol. The number of benzene rings is 1. The van der Waals surface area contributed by atoms with Crippen LogP contribution in [0.5, 0.6) is 0 Å². The molecule has 0 aliphatic carbocycles. The largest absolute Gasteiger partial charge is 0.362 e. The summed E-state index contributed by atoms with van der Waals surface area (Å²) in [4.78, 5) is 6.93. The zero-order valence-electron chi connectivity index (χ0n) is 11.2. The number of anilines is 1. The van der Waals surface area contributed by atoms with Crippen molar-refractivity contribution in [1.82, 2.24) is 4.98 Å². The van der Waals surface area contributed by atoms with Gasteiger partial charge in [-0.3, -0.25) is 4.98 Å². The van der Waals surface area contributed by atoms with E-state index < -0.39 is 0 Å². The van der Waals surface area contributed by atoms with Gasteiger partial charge >= 0.3 is 0 Å². The van der Waals surface area contributed by atoms with Crippen molar-refractivity contribution in [1.29, 1.82) is 0 Å². The van der Waals surface area contributed by atoms with Crippen molar-refractivity contribution in [3.63, 3.8) is 0 Å². The summed E-state index contributed by atoms with van der Waals surface area (Å²) in [6.45, 7) is 3.69. The van der Waals surface area contributed by atoms with Gasteiger partial charge in [-0.1, -0.05) is 24.3 Å². The Morgan fingerprint density at radius 2 is 2.11 bits per heavy atom. The summed E-state index contributed by atoms with van der Waals surface area (Å²) in [6.07, 6.45) is 3.00. The van der Waals surface area contributed by atoms with Gasteiger partial charge in [0.25, 0.3) is 0 Å². The standard InChI is InChI=1S/C16H19N3/c1-12-8-14-4-2-3-5-16(14)19(12)11-15-7-6-13(9-17)10-18-15/h2-7,10,12H,8-9,11,17H2,1H3. The monoisotopic (exact) mass is 253 g/mol. The van der Waals surface area contributed by atoms with Crippen molar-refractivity contribution in [2.75, 3.05) is 4.90 Å². The molecule has 3 heteroatoms. The van der Waals surface area contributed by atoms with Crippen LogP contribution < -0.4 is 10.6 Å². The molecular weight excluding hydrogens is 234 g/mol. The summed E-state index contributed by atoms with van der Waals surface area (Å²) < 4.78 is 0. The lowest BCUT2D eigenvalue weighted by molar-refractivity contribution is 0.664. The number of fused-ring (bicyclic) bond motifs is 1. The Kier molecular flexibility index (Phi) is 3.22. The molecule has 1 aliphatic heterocycles. The number of pyridine rings is 1. The predicted molar refractivity (Wildman–Crippen MR) is 77.9 cm³/mol. The minimum absolute atomic E-state index is 0.536. The fourth-order valence-electron chi connectivity index (χ4n) is 2.71. The molecule has 1 aromatic heterocycles. The van der Waals surface area contributed by atoms with Gasteiger partial charge in [-0.15, -0.1) is 0 Å². The molecule has 2 heterocycles. The third-order valence-corrected chi connectivity index (χ3v) is 3.80. The third kappa shape index (κ3) is 2.34. The van der Waals surface area contributed by atoms with Crippen molar-refractivity contribution in [3.05, 3.63) is 59.4 Å². The summed E-state index contributed by atoms with van der Waals surface area (Å²) in [7, 11) is 0. The first kappa shape index (κ1) is 12.2. The zero-order valence-corrected chi connectivity index (χ0v) is 11.2. The molecule has 1 atom stereocenters. The SMILES string of the molecule is CC1Cc2ccccc2N1Cc1ccc(CN)cn1. The molecule has 0 fully saturated rings. The molecular formula is C16H19N3. The molecule has 0 bridgehead atoms. The lowest BCUT2D eigenvalue weighted by Crippen LogP contribution is -2.29. The van der Waals surface area contributed by atoms with E-state index in [0.29, 0.717) is 12.6 Å². The first-order valence-electron chi connectivity index (χ1n) is 6.76. The Morgan fingerprint density at radius 1 is 1.26 bits per heavy atom. The molecule has 2 aromatic rings.